The maximum atomic E-state index is 12.9. The molecule has 2 atom stereocenters. The Bertz CT molecular complexity index is 1930. The van der Waals surface area contributed by atoms with Gasteiger partial charge in [-0.05, 0) is 78.3 Å². The van der Waals surface area contributed by atoms with Gasteiger partial charge < -0.3 is 24.1 Å². The number of hydrogen-bond acceptors (Lipinski definition) is 7. The van der Waals surface area contributed by atoms with Gasteiger partial charge in [0.05, 0.1) is 27.2 Å². The van der Waals surface area contributed by atoms with Gasteiger partial charge in [0, 0.05) is 11.6 Å². The van der Waals surface area contributed by atoms with E-state index in [-0.39, 0.29) is 11.9 Å². The molecule has 0 spiro atoms. The summed E-state index contributed by atoms with van der Waals surface area (Å²) in [7, 11) is 3.35. The van der Waals surface area contributed by atoms with E-state index < -0.39 is 5.60 Å². The predicted molar refractivity (Wildman–Crippen MR) is 184 cm³/mol. The first kappa shape index (κ1) is 31.1. The first-order chi connectivity index (χ1) is 23.6. The van der Waals surface area contributed by atoms with Gasteiger partial charge in [-0.2, -0.15) is 0 Å². The smallest absolute Gasteiger partial charge is 0.256 e. The highest BCUT2D eigenvalue weighted by Crippen LogP contribution is 2.44. The molecule has 9 nitrogen and oxygen atoms in total. The average molecular weight is 640 g/mol. The zero-order valence-electron chi connectivity index (χ0n) is 27.0. The van der Waals surface area contributed by atoms with Crippen molar-refractivity contribution in [2.45, 2.75) is 30.9 Å². The molecule has 1 aliphatic carbocycles. The molecule has 0 unspecified atom stereocenters. The highest BCUT2D eigenvalue weighted by atomic mass is 16.5. The van der Waals surface area contributed by atoms with Crippen molar-refractivity contribution < 1.29 is 19.0 Å². The van der Waals surface area contributed by atoms with Crippen LogP contribution in [0.15, 0.2) is 122 Å². The molecule has 0 radical (unpaired) electrons. The van der Waals surface area contributed by atoms with Crippen LogP contribution >= 0.6 is 0 Å². The van der Waals surface area contributed by atoms with Crippen LogP contribution in [0.2, 0.25) is 0 Å². The van der Waals surface area contributed by atoms with E-state index in [1.54, 1.807) is 26.4 Å². The molecule has 1 amide bonds. The van der Waals surface area contributed by atoms with Crippen molar-refractivity contribution in [2.24, 2.45) is 5.92 Å². The van der Waals surface area contributed by atoms with Gasteiger partial charge in [0.2, 0.25) is 0 Å². The van der Waals surface area contributed by atoms with Crippen LogP contribution in [0.25, 0.3) is 11.2 Å². The van der Waals surface area contributed by atoms with Crippen LogP contribution in [0.5, 0.6) is 11.5 Å². The third kappa shape index (κ3) is 6.00. The molecule has 4 aromatic carbocycles. The number of nitrogens with one attached hydrogen (secondary N) is 1. The molecule has 242 valence electrons. The number of nitrogens with zero attached hydrogens (tertiary/aromatic N) is 4. The molecule has 1 saturated carbocycles. The summed E-state index contributed by atoms with van der Waals surface area (Å²) in [5.74, 6) is 2.03. The molecule has 0 bridgehead atoms. The standard InChI is InChI=1S/C39H37N5O4/c1-46-33-19-14-30(15-20-33)39(29-11-7-4-8-12-29,31-16-21-34(47-2)22-17-31)48-24-27-13-18-32(23-27)44-26-42-35-36(40-25-41-37(35)44)43-38(45)28-9-5-3-6-10-28/h3-12,14-17,19-22,25-27,32H,13,18,23-24H2,1-2H3,(H,40,41,43,45)/t27-,32-/m1/s1. The highest BCUT2D eigenvalue weighted by Gasteiger charge is 2.39. The minimum absolute atomic E-state index is 0.185. The second-order valence-electron chi connectivity index (χ2n) is 12.0. The lowest BCUT2D eigenvalue weighted by Crippen LogP contribution is -2.34. The van der Waals surface area contributed by atoms with Crippen molar-refractivity contribution >= 4 is 22.9 Å². The Labute approximate surface area is 279 Å². The predicted octanol–water partition coefficient (Wildman–Crippen LogP) is 7.45. The molecule has 0 aliphatic heterocycles. The maximum Gasteiger partial charge on any atom is 0.256 e. The second kappa shape index (κ2) is 13.7. The molecule has 0 saturated heterocycles. The van der Waals surface area contributed by atoms with E-state index >= 15 is 0 Å². The molecule has 1 aliphatic rings. The van der Waals surface area contributed by atoms with E-state index in [4.69, 9.17) is 14.2 Å². The summed E-state index contributed by atoms with van der Waals surface area (Å²) >= 11 is 0. The summed E-state index contributed by atoms with van der Waals surface area (Å²) in [6.07, 6.45) is 6.14. The number of hydrogen-bond donors (Lipinski definition) is 1. The molecule has 48 heavy (non-hydrogen) atoms. The number of benzene rings is 4. The number of imidazole rings is 1. The van der Waals surface area contributed by atoms with E-state index in [0.717, 1.165) is 47.5 Å². The zero-order valence-corrected chi connectivity index (χ0v) is 27.0. The Hall–Kier alpha value is -5.54. The van der Waals surface area contributed by atoms with Crippen LogP contribution in [-0.2, 0) is 10.3 Å². The quantitative estimate of drug-likeness (QED) is 0.147. The van der Waals surface area contributed by atoms with Crippen molar-refractivity contribution in [1.29, 1.82) is 0 Å². The summed E-state index contributed by atoms with van der Waals surface area (Å²) in [5, 5.41) is 2.91. The zero-order chi connectivity index (χ0) is 32.9. The lowest BCUT2D eigenvalue weighted by molar-refractivity contribution is -0.00767. The molecule has 1 fully saturated rings. The number of carbonyl (C=O) groups is 1. The number of aromatic nitrogens is 4. The van der Waals surface area contributed by atoms with Crippen molar-refractivity contribution in [1.82, 2.24) is 19.5 Å². The number of ether oxygens (including phenoxy) is 3. The number of amides is 1. The fourth-order valence-corrected chi connectivity index (χ4v) is 6.75. The van der Waals surface area contributed by atoms with Gasteiger partial charge in [0.1, 0.15) is 23.4 Å². The van der Waals surface area contributed by atoms with E-state index in [1.165, 1.54) is 6.33 Å². The normalized spacial score (nSPS) is 16.1. The van der Waals surface area contributed by atoms with Gasteiger partial charge in [-0.3, -0.25) is 4.79 Å². The third-order valence-electron chi connectivity index (χ3n) is 9.24. The lowest BCUT2D eigenvalue weighted by Gasteiger charge is -2.37. The number of fused-ring (bicyclic) bond motifs is 1. The van der Waals surface area contributed by atoms with Gasteiger partial charge >= 0.3 is 0 Å². The monoisotopic (exact) mass is 639 g/mol. The molecular formula is C39H37N5O4. The Morgan fingerprint density at radius 1 is 0.771 bits per heavy atom. The second-order valence-corrected chi connectivity index (χ2v) is 12.0. The molecule has 2 heterocycles. The topological polar surface area (TPSA) is 100 Å². The van der Waals surface area contributed by atoms with Gasteiger partial charge in [-0.1, -0.05) is 72.8 Å². The molecular weight excluding hydrogens is 602 g/mol. The highest BCUT2D eigenvalue weighted by molar-refractivity contribution is 6.06. The Balaban J connectivity index is 1.15. The Morgan fingerprint density at radius 3 is 2.00 bits per heavy atom. The SMILES string of the molecule is COc1ccc(C(OC[C@@H]2CC[C@@H](n3cnc4c(NC(=O)c5ccccc5)ncnc43)C2)(c2ccccc2)c2ccc(OC)cc2)cc1. The van der Waals surface area contributed by atoms with Crippen LogP contribution in [0.4, 0.5) is 5.82 Å². The van der Waals surface area contributed by atoms with E-state index in [2.05, 4.69) is 73.4 Å². The summed E-state index contributed by atoms with van der Waals surface area (Å²) in [6.45, 7) is 0.545. The van der Waals surface area contributed by atoms with Crippen molar-refractivity contribution in [2.75, 3.05) is 26.1 Å². The van der Waals surface area contributed by atoms with Crippen molar-refractivity contribution in [3.63, 3.8) is 0 Å². The minimum Gasteiger partial charge on any atom is -0.497 e. The van der Waals surface area contributed by atoms with Crippen LogP contribution in [0.1, 0.15) is 52.4 Å². The van der Waals surface area contributed by atoms with E-state index in [1.807, 2.05) is 54.9 Å². The van der Waals surface area contributed by atoms with Crippen molar-refractivity contribution in [3.8, 4) is 11.5 Å². The number of methoxy groups -OCH3 is 2. The first-order valence-electron chi connectivity index (χ1n) is 16.1. The molecule has 9 heteroatoms. The largest absolute Gasteiger partial charge is 0.497 e. The fourth-order valence-electron chi connectivity index (χ4n) is 6.75. The first-order valence-corrected chi connectivity index (χ1v) is 16.1. The Kier molecular flexibility index (Phi) is 8.85. The summed E-state index contributed by atoms with van der Waals surface area (Å²) in [6, 6.07) is 35.9. The maximum absolute atomic E-state index is 12.9. The number of carbonyl (C=O) groups excluding carboxylic acids is 1. The van der Waals surface area contributed by atoms with Crippen LogP contribution < -0.4 is 14.8 Å². The summed E-state index contributed by atoms with van der Waals surface area (Å²) in [5.41, 5.74) is 4.03. The summed E-state index contributed by atoms with van der Waals surface area (Å²) < 4.78 is 20.3. The van der Waals surface area contributed by atoms with E-state index in [0.29, 0.717) is 35.1 Å². The Morgan fingerprint density at radius 2 is 1.38 bits per heavy atom. The van der Waals surface area contributed by atoms with Crippen LogP contribution in [-0.4, -0.2) is 46.3 Å². The van der Waals surface area contributed by atoms with Crippen molar-refractivity contribution in [3.05, 3.63) is 144 Å². The lowest BCUT2D eigenvalue weighted by atomic mass is 9.80. The van der Waals surface area contributed by atoms with Crippen LogP contribution in [0, 0.1) is 5.92 Å². The fraction of sp³-hybridized carbons (Fsp3) is 0.231. The van der Waals surface area contributed by atoms with Gasteiger partial charge in [-0.15, -0.1) is 0 Å². The van der Waals surface area contributed by atoms with E-state index in [9.17, 15) is 4.79 Å². The summed E-state index contributed by atoms with van der Waals surface area (Å²) in [4.78, 5) is 26.4. The van der Waals surface area contributed by atoms with Gasteiger partial charge in [0.25, 0.3) is 5.91 Å². The number of rotatable bonds is 11. The van der Waals surface area contributed by atoms with Gasteiger partial charge in [-0.25, -0.2) is 15.0 Å². The number of anilines is 1. The molecule has 7 rings (SSSR count). The third-order valence-corrected chi connectivity index (χ3v) is 9.24. The molecule has 2 aromatic heterocycles. The van der Waals surface area contributed by atoms with Crippen LogP contribution in [0.3, 0.4) is 0 Å². The molecule has 1 N–H and O–H groups in total. The van der Waals surface area contributed by atoms with Gasteiger partial charge in [0.15, 0.2) is 17.0 Å². The molecule has 6 aromatic rings. The average Bonchev–Trinajstić information content (AvgIpc) is 3.81. The minimum atomic E-state index is -0.862.